The van der Waals surface area contributed by atoms with Gasteiger partial charge >= 0.3 is 0 Å². The van der Waals surface area contributed by atoms with E-state index in [1.807, 2.05) is 0 Å². The topological polar surface area (TPSA) is 79.5 Å². The Morgan fingerprint density at radius 2 is 1.75 bits per heavy atom. The molecular weight excluding hydrogens is 401 g/mol. The highest BCUT2D eigenvalue weighted by Gasteiger charge is 2.16. The van der Waals surface area contributed by atoms with Crippen molar-refractivity contribution >= 4 is 46.4 Å². The lowest BCUT2D eigenvalue weighted by Crippen LogP contribution is -2.31. The van der Waals surface area contributed by atoms with Crippen molar-refractivity contribution in [2.75, 3.05) is 30.3 Å². The molecular formula is C20H21Cl2N3O3. The lowest BCUT2D eigenvalue weighted by atomic mass is 10.2. The number of halogens is 2. The fraction of sp³-hybridized carbons (Fsp3) is 0.300. The van der Waals surface area contributed by atoms with Crippen LogP contribution in [0.5, 0.6) is 0 Å². The van der Waals surface area contributed by atoms with E-state index in [0.717, 1.165) is 25.1 Å². The standard InChI is InChI=1S/C20H21Cl2N3O3/c21-14-8-15(22)10-17(9-14)25-19(26)12-23-16-5-3-13(4-6-16)20(27)24-11-18-2-1-7-28-18/h3-6,8-10,18,23H,1-2,7,11-12H2,(H,24,27)(H,25,26). The third-order valence-electron chi connectivity index (χ3n) is 4.26. The van der Waals surface area contributed by atoms with E-state index in [1.54, 1.807) is 42.5 Å². The molecule has 0 aromatic heterocycles. The zero-order valence-corrected chi connectivity index (χ0v) is 16.6. The smallest absolute Gasteiger partial charge is 0.251 e. The molecule has 1 aliphatic rings. The lowest BCUT2D eigenvalue weighted by Gasteiger charge is -2.11. The maximum atomic E-state index is 12.2. The van der Waals surface area contributed by atoms with E-state index in [-0.39, 0.29) is 24.5 Å². The number of rotatable bonds is 7. The van der Waals surface area contributed by atoms with Crippen LogP contribution in [0, 0.1) is 0 Å². The lowest BCUT2D eigenvalue weighted by molar-refractivity contribution is -0.114. The molecule has 6 nitrogen and oxygen atoms in total. The number of nitrogens with one attached hydrogen (secondary N) is 3. The molecule has 3 rings (SSSR count). The van der Waals surface area contributed by atoms with Crippen molar-refractivity contribution in [1.82, 2.24) is 5.32 Å². The molecule has 0 spiro atoms. The van der Waals surface area contributed by atoms with Crippen LogP contribution in [-0.2, 0) is 9.53 Å². The number of anilines is 2. The van der Waals surface area contributed by atoms with Gasteiger partial charge in [0.2, 0.25) is 5.91 Å². The molecule has 1 atom stereocenters. The van der Waals surface area contributed by atoms with Crippen LogP contribution in [0.4, 0.5) is 11.4 Å². The second-order valence-corrected chi connectivity index (χ2v) is 7.36. The fourth-order valence-electron chi connectivity index (χ4n) is 2.87. The molecule has 1 saturated heterocycles. The molecule has 0 bridgehead atoms. The van der Waals surface area contributed by atoms with E-state index in [0.29, 0.717) is 27.8 Å². The summed E-state index contributed by atoms with van der Waals surface area (Å²) < 4.78 is 5.49. The average molecular weight is 422 g/mol. The summed E-state index contributed by atoms with van der Waals surface area (Å²) in [7, 11) is 0. The van der Waals surface area contributed by atoms with Gasteiger partial charge in [0.15, 0.2) is 0 Å². The van der Waals surface area contributed by atoms with Crippen LogP contribution in [0.15, 0.2) is 42.5 Å². The van der Waals surface area contributed by atoms with Crippen molar-refractivity contribution < 1.29 is 14.3 Å². The monoisotopic (exact) mass is 421 g/mol. The van der Waals surface area contributed by atoms with Crippen molar-refractivity contribution in [2.45, 2.75) is 18.9 Å². The molecule has 148 valence electrons. The number of amides is 2. The zero-order valence-electron chi connectivity index (χ0n) is 15.1. The average Bonchev–Trinajstić information content (AvgIpc) is 3.17. The van der Waals surface area contributed by atoms with Crippen molar-refractivity contribution in [3.05, 3.63) is 58.1 Å². The predicted molar refractivity (Wildman–Crippen MR) is 111 cm³/mol. The molecule has 1 fully saturated rings. The second kappa shape index (κ2) is 9.78. The number of hydrogen-bond donors (Lipinski definition) is 3. The van der Waals surface area contributed by atoms with Gasteiger partial charge < -0.3 is 20.7 Å². The molecule has 0 radical (unpaired) electrons. The van der Waals surface area contributed by atoms with Gasteiger partial charge in [-0.15, -0.1) is 0 Å². The maximum Gasteiger partial charge on any atom is 0.251 e. The predicted octanol–water partition coefficient (Wildman–Crippen LogP) is 3.95. The van der Waals surface area contributed by atoms with E-state index in [2.05, 4.69) is 16.0 Å². The Kier molecular flexibility index (Phi) is 7.14. The SMILES string of the molecule is O=C(CNc1ccc(C(=O)NCC2CCCO2)cc1)Nc1cc(Cl)cc(Cl)c1. The number of benzene rings is 2. The first-order valence-electron chi connectivity index (χ1n) is 8.99. The number of ether oxygens (including phenoxy) is 1. The van der Waals surface area contributed by atoms with Crippen LogP contribution < -0.4 is 16.0 Å². The summed E-state index contributed by atoms with van der Waals surface area (Å²) in [5.41, 5.74) is 1.82. The van der Waals surface area contributed by atoms with Crippen LogP contribution in [-0.4, -0.2) is 37.6 Å². The van der Waals surface area contributed by atoms with Gasteiger partial charge in [0, 0.05) is 40.1 Å². The number of carbonyl (C=O) groups is 2. The summed E-state index contributed by atoms with van der Waals surface area (Å²) in [5, 5.41) is 9.50. The third kappa shape index (κ3) is 6.12. The van der Waals surface area contributed by atoms with Gasteiger partial charge in [-0.25, -0.2) is 0 Å². The Morgan fingerprint density at radius 3 is 2.39 bits per heavy atom. The van der Waals surface area contributed by atoms with Crippen molar-refractivity contribution in [3.63, 3.8) is 0 Å². The Morgan fingerprint density at radius 1 is 1.04 bits per heavy atom. The first-order valence-corrected chi connectivity index (χ1v) is 9.75. The van der Waals surface area contributed by atoms with Gasteiger partial charge in [-0.3, -0.25) is 9.59 Å². The molecule has 0 aliphatic carbocycles. The quantitative estimate of drug-likeness (QED) is 0.631. The normalized spacial score (nSPS) is 15.9. The van der Waals surface area contributed by atoms with Gasteiger partial charge in [0.25, 0.3) is 5.91 Å². The molecule has 3 N–H and O–H groups in total. The van der Waals surface area contributed by atoms with Gasteiger partial charge in [-0.2, -0.15) is 0 Å². The van der Waals surface area contributed by atoms with Crippen molar-refractivity contribution in [2.24, 2.45) is 0 Å². The molecule has 8 heteroatoms. The first kappa shape index (κ1) is 20.5. The van der Waals surface area contributed by atoms with Gasteiger partial charge in [-0.1, -0.05) is 23.2 Å². The summed E-state index contributed by atoms with van der Waals surface area (Å²) in [5.74, 6) is -0.380. The maximum absolute atomic E-state index is 12.2. The minimum absolute atomic E-state index is 0.0642. The van der Waals surface area contributed by atoms with E-state index in [4.69, 9.17) is 27.9 Å². The van der Waals surface area contributed by atoms with Crippen LogP contribution in [0.2, 0.25) is 10.0 Å². The van der Waals surface area contributed by atoms with Crippen LogP contribution >= 0.6 is 23.2 Å². The summed E-state index contributed by atoms with van der Waals surface area (Å²) >= 11 is 11.8. The third-order valence-corrected chi connectivity index (χ3v) is 4.70. The molecule has 2 aromatic rings. The van der Waals surface area contributed by atoms with Gasteiger partial charge in [0.05, 0.1) is 12.6 Å². The molecule has 1 heterocycles. The van der Waals surface area contributed by atoms with Gasteiger partial charge in [0.1, 0.15) is 0 Å². The van der Waals surface area contributed by atoms with E-state index >= 15 is 0 Å². The van der Waals surface area contributed by atoms with Crippen LogP contribution in [0.25, 0.3) is 0 Å². The Hall–Kier alpha value is -2.28. The molecule has 1 aliphatic heterocycles. The highest BCUT2D eigenvalue weighted by atomic mass is 35.5. The Bertz CT molecular complexity index is 817. The van der Waals surface area contributed by atoms with Crippen LogP contribution in [0.3, 0.4) is 0 Å². The summed E-state index contributed by atoms with van der Waals surface area (Å²) in [6.07, 6.45) is 2.13. The highest BCUT2D eigenvalue weighted by molar-refractivity contribution is 6.35. The number of hydrogen-bond acceptors (Lipinski definition) is 4. The molecule has 1 unspecified atom stereocenters. The largest absolute Gasteiger partial charge is 0.376 e. The van der Waals surface area contributed by atoms with E-state index < -0.39 is 0 Å². The summed E-state index contributed by atoms with van der Waals surface area (Å²) in [6.45, 7) is 1.35. The second-order valence-electron chi connectivity index (χ2n) is 6.48. The first-order chi connectivity index (χ1) is 13.5. The Labute approximate surface area is 173 Å². The fourth-order valence-corrected chi connectivity index (χ4v) is 3.39. The highest BCUT2D eigenvalue weighted by Crippen LogP contribution is 2.22. The summed E-state index contributed by atoms with van der Waals surface area (Å²) in [6, 6.07) is 11.8. The van der Waals surface area contributed by atoms with Gasteiger partial charge in [-0.05, 0) is 55.3 Å². The minimum atomic E-state index is -0.239. The molecule has 2 aromatic carbocycles. The summed E-state index contributed by atoms with van der Waals surface area (Å²) in [4.78, 5) is 24.2. The van der Waals surface area contributed by atoms with Crippen molar-refractivity contribution in [3.8, 4) is 0 Å². The molecule has 2 amide bonds. The van der Waals surface area contributed by atoms with Crippen LogP contribution in [0.1, 0.15) is 23.2 Å². The molecule has 0 saturated carbocycles. The minimum Gasteiger partial charge on any atom is -0.376 e. The Balaban J connectivity index is 1.45. The van der Waals surface area contributed by atoms with E-state index in [9.17, 15) is 9.59 Å². The molecule has 28 heavy (non-hydrogen) atoms. The zero-order chi connectivity index (χ0) is 19.9. The van der Waals surface area contributed by atoms with E-state index in [1.165, 1.54) is 0 Å². The van der Waals surface area contributed by atoms with Crippen molar-refractivity contribution in [1.29, 1.82) is 0 Å². The number of carbonyl (C=O) groups excluding carboxylic acids is 2.